The summed E-state index contributed by atoms with van der Waals surface area (Å²) in [5.74, 6) is -0.0943. The summed E-state index contributed by atoms with van der Waals surface area (Å²) in [6, 6.07) is 7.92. The Balaban J connectivity index is 2.03. The smallest absolute Gasteiger partial charge is 0.128 e. The van der Waals surface area contributed by atoms with Crippen molar-refractivity contribution in [3.05, 3.63) is 35.6 Å². The lowest BCUT2D eigenvalue weighted by molar-refractivity contribution is 0.173. The predicted molar refractivity (Wildman–Crippen MR) is 86.9 cm³/mol. The molecule has 0 heterocycles. The van der Waals surface area contributed by atoms with Crippen molar-refractivity contribution in [2.24, 2.45) is 0 Å². The van der Waals surface area contributed by atoms with E-state index in [1.54, 1.807) is 12.1 Å². The van der Waals surface area contributed by atoms with E-state index in [4.69, 9.17) is 0 Å². The van der Waals surface area contributed by atoms with Crippen LogP contribution in [-0.2, 0) is 0 Å². The summed E-state index contributed by atoms with van der Waals surface area (Å²) in [7, 11) is 2.19. The molecule has 21 heavy (non-hydrogen) atoms. The van der Waals surface area contributed by atoms with Crippen molar-refractivity contribution in [3.63, 3.8) is 0 Å². The van der Waals surface area contributed by atoms with Crippen LogP contribution < -0.4 is 5.32 Å². The van der Waals surface area contributed by atoms with Crippen molar-refractivity contribution in [2.45, 2.75) is 57.5 Å². The van der Waals surface area contributed by atoms with Crippen LogP contribution in [0.25, 0.3) is 0 Å². The summed E-state index contributed by atoms with van der Waals surface area (Å²) in [6.45, 7) is 3.96. The monoisotopic (exact) mass is 292 g/mol. The molecular formula is C18H29FN2. The van der Waals surface area contributed by atoms with Gasteiger partial charge < -0.3 is 10.2 Å². The highest BCUT2D eigenvalue weighted by atomic mass is 19.1. The molecule has 3 heteroatoms. The molecule has 0 radical (unpaired) electrons. The van der Waals surface area contributed by atoms with E-state index in [0.29, 0.717) is 6.04 Å². The van der Waals surface area contributed by atoms with Crippen molar-refractivity contribution in [2.75, 3.05) is 20.1 Å². The fourth-order valence-corrected chi connectivity index (χ4v) is 3.31. The molecule has 0 bridgehead atoms. The quantitative estimate of drug-likeness (QED) is 0.813. The van der Waals surface area contributed by atoms with Gasteiger partial charge in [-0.1, -0.05) is 44.4 Å². The summed E-state index contributed by atoms with van der Waals surface area (Å²) < 4.78 is 14.1. The Labute approximate surface area is 128 Å². The number of hydrogen-bond donors (Lipinski definition) is 1. The van der Waals surface area contributed by atoms with E-state index >= 15 is 0 Å². The van der Waals surface area contributed by atoms with Crippen molar-refractivity contribution in [1.29, 1.82) is 0 Å². The molecule has 1 unspecified atom stereocenters. The van der Waals surface area contributed by atoms with Gasteiger partial charge in [-0.3, -0.25) is 0 Å². The van der Waals surface area contributed by atoms with Gasteiger partial charge in [0.2, 0.25) is 0 Å². The average molecular weight is 292 g/mol. The fourth-order valence-electron chi connectivity index (χ4n) is 3.31. The van der Waals surface area contributed by atoms with Crippen molar-refractivity contribution in [1.82, 2.24) is 10.2 Å². The molecule has 1 N–H and O–H groups in total. The Bertz CT molecular complexity index is 415. The molecule has 0 amide bonds. The zero-order valence-electron chi connectivity index (χ0n) is 13.4. The summed E-state index contributed by atoms with van der Waals surface area (Å²) >= 11 is 0. The molecule has 2 nitrogen and oxygen atoms in total. The third-order valence-electron chi connectivity index (χ3n) is 4.59. The van der Waals surface area contributed by atoms with Crippen LogP contribution in [0.3, 0.4) is 0 Å². The standard InChI is InChI=1S/C18H29FN2/c1-3-13-20-18(16-11-7-8-12-17(16)19)14-21(2)15-9-5-4-6-10-15/h7-8,11-12,15,18,20H,3-6,9-10,13-14H2,1-2H3. The van der Waals surface area contributed by atoms with Gasteiger partial charge in [-0.25, -0.2) is 4.39 Å². The first-order chi connectivity index (χ1) is 10.2. The first kappa shape index (κ1) is 16.4. The van der Waals surface area contributed by atoms with E-state index in [9.17, 15) is 4.39 Å². The van der Waals surface area contributed by atoms with E-state index in [2.05, 4.69) is 24.2 Å². The normalized spacial score (nSPS) is 18.1. The van der Waals surface area contributed by atoms with Gasteiger partial charge in [-0.05, 0) is 38.9 Å². The molecule has 2 rings (SSSR count). The predicted octanol–water partition coefficient (Wildman–Crippen LogP) is 4.13. The zero-order valence-corrected chi connectivity index (χ0v) is 13.4. The Kier molecular flexibility index (Phi) is 6.65. The van der Waals surface area contributed by atoms with Gasteiger partial charge >= 0.3 is 0 Å². The highest BCUT2D eigenvalue weighted by Gasteiger charge is 2.22. The van der Waals surface area contributed by atoms with E-state index in [-0.39, 0.29) is 11.9 Å². The first-order valence-corrected chi connectivity index (χ1v) is 8.40. The lowest BCUT2D eigenvalue weighted by atomic mass is 9.94. The van der Waals surface area contributed by atoms with Crippen LogP contribution in [0.5, 0.6) is 0 Å². The molecule has 0 saturated heterocycles. The van der Waals surface area contributed by atoms with Crippen LogP contribution >= 0.6 is 0 Å². The topological polar surface area (TPSA) is 15.3 Å². The molecule has 118 valence electrons. The van der Waals surface area contributed by atoms with Gasteiger partial charge in [0, 0.05) is 24.2 Å². The highest BCUT2D eigenvalue weighted by Crippen LogP contribution is 2.24. The largest absolute Gasteiger partial charge is 0.309 e. The minimum atomic E-state index is -0.0943. The van der Waals surface area contributed by atoms with E-state index < -0.39 is 0 Å². The maximum Gasteiger partial charge on any atom is 0.128 e. The molecule has 1 aromatic rings. The van der Waals surface area contributed by atoms with Gasteiger partial charge in [0.25, 0.3) is 0 Å². The van der Waals surface area contributed by atoms with Gasteiger partial charge in [0.05, 0.1) is 0 Å². The summed E-state index contributed by atoms with van der Waals surface area (Å²) in [5.41, 5.74) is 0.800. The number of likely N-dealkylation sites (N-methyl/N-ethyl adjacent to an activating group) is 1. The van der Waals surface area contributed by atoms with Crippen molar-refractivity contribution in [3.8, 4) is 0 Å². The molecule has 1 aliphatic carbocycles. The van der Waals surface area contributed by atoms with Gasteiger partial charge in [-0.15, -0.1) is 0 Å². The van der Waals surface area contributed by atoms with Crippen LogP contribution in [0.2, 0.25) is 0 Å². The third kappa shape index (κ3) is 4.79. The second-order valence-corrected chi connectivity index (χ2v) is 6.26. The number of nitrogens with one attached hydrogen (secondary N) is 1. The number of benzene rings is 1. The molecule has 0 spiro atoms. The molecule has 1 aliphatic rings. The van der Waals surface area contributed by atoms with Crippen LogP contribution in [0.1, 0.15) is 57.1 Å². The molecular weight excluding hydrogens is 263 g/mol. The number of halogens is 1. The Hall–Kier alpha value is -0.930. The van der Waals surface area contributed by atoms with Crippen LogP contribution in [0.15, 0.2) is 24.3 Å². The zero-order chi connectivity index (χ0) is 15.1. The molecule has 0 aromatic heterocycles. The molecule has 1 aromatic carbocycles. The van der Waals surface area contributed by atoms with Crippen LogP contribution in [-0.4, -0.2) is 31.1 Å². The minimum absolute atomic E-state index is 0.0816. The van der Waals surface area contributed by atoms with E-state index in [1.165, 1.54) is 32.1 Å². The average Bonchev–Trinajstić information content (AvgIpc) is 2.53. The molecule has 1 fully saturated rings. The summed E-state index contributed by atoms with van der Waals surface area (Å²) in [5, 5.41) is 3.51. The molecule has 1 saturated carbocycles. The first-order valence-electron chi connectivity index (χ1n) is 8.40. The minimum Gasteiger partial charge on any atom is -0.309 e. The van der Waals surface area contributed by atoms with Crippen LogP contribution in [0.4, 0.5) is 4.39 Å². The summed E-state index contributed by atoms with van der Waals surface area (Å²) in [6.07, 6.45) is 7.68. The Morgan fingerprint density at radius 1 is 1.24 bits per heavy atom. The van der Waals surface area contributed by atoms with Crippen LogP contribution in [0, 0.1) is 5.82 Å². The number of nitrogens with zero attached hydrogens (tertiary/aromatic N) is 1. The lowest BCUT2D eigenvalue weighted by Crippen LogP contribution is -2.40. The fraction of sp³-hybridized carbons (Fsp3) is 0.667. The highest BCUT2D eigenvalue weighted by molar-refractivity contribution is 5.21. The Morgan fingerprint density at radius 3 is 2.62 bits per heavy atom. The van der Waals surface area contributed by atoms with Gasteiger partial charge in [0.15, 0.2) is 0 Å². The second kappa shape index (κ2) is 8.50. The SMILES string of the molecule is CCCNC(CN(C)C1CCCCC1)c1ccccc1F. The van der Waals surface area contributed by atoms with Gasteiger partial charge in [-0.2, -0.15) is 0 Å². The maximum atomic E-state index is 14.1. The van der Waals surface area contributed by atoms with Crippen molar-refractivity contribution >= 4 is 0 Å². The Morgan fingerprint density at radius 2 is 1.95 bits per heavy atom. The number of rotatable bonds is 7. The molecule has 0 aliphatic heterocycles. The van der Waals surface area contributed by atoms with Crippen molar-refractivity contribution < 1.29 is 4.39 Å². The maximum absolute atomic E-state index is 14.1. The van der Waals surface area contributed by atoms with E-state index in [1.807, 2.05) is 12.1 Å². The second-order valence-electron chi connectivity index (χ2n) is 6.26. The van der Waals surface area contributed by atoms with Gasteiger partial charge in [0.1, 0.15) is 5.82 Å². The molecule has 1 atom stereocenters. The lowest BCUT2D eigenvalue weighted by Gasteiger charge is -2.34. The van der Waals surface area contributed by atoms with E-state index in [0.717, 1.165) is 25.1 Å². The number of hydrogen-bond acceptors (Lipinski definition) is 2. The third-order valence-corrected chi connectivity index (χ3v) is 4.59. The summed E-state index contributed by atoms with van der Waals surface area (Å²) in [4.78, 5) is 2.43.